The third-order valence-corrected chi connectivity index (χ3v) is 4.91. The summed E-state index contributed by atoms with van der Waals surface area (Å²) in [5.41, 5.74) is -0.0145. The summed E-state index contributed by atoms with van der Waals surface area (Å²) in [5, 5.41) is 21.8. The van der Waals surface area contributed by atoms with Crippen molar-refractivity contribution in [1.82, 2.24) is 0 Å². The molecule has 2 N–H and O–H groups in total. The van der Waals surface area contributed by atoms with Crippen molar-refractivity contribution in [3.63, 3.8) is 0 Å². The minimum absolute atomic E-state index is 0.0799. The number of hydrogen-bond donors (Lipinski definition) is 2. The van der Waals surface area contributed by atoms with Crippen molar-refractivity contribution in [2.24, 2.45) is 0 Å². The fourth-order valence-corrected chi connectivity index (χ4v) is 3.51. The molecule has 0 aromatic rings. The monoisotopic (exact) mass is 394 g/mol. The molecular formula is C20H26O6S. The SMILES string of the molecule is C=C(C)C(=O)CC(O)(SC(O)(CC(=O)C(=C)C)C(=O)C(=C)C)C(=O)C(=C)C. The molecule has 0 fully saturated rings. The third-order valence-electron chi connectivity index (χ3n) is 3.57. The lowest BCUT2D eigenvalue weighted by molar-refractivity contribution is -0.133. The van der Waals surface area contributed by atoms with E-state index in [1.165, 1.54) is 27.7 Å². The first-order valence-corrected chi connectivity index (χ1v) is 8.82. The van der Waals surface area contributed by atoms with Crippen molar-refractivity contribution < 1.29 is 29.4 Å². The lowest BCUT2D eigenvalue weighted by atomic mass is 10.00. The molecule has 0 aliphatic heterocycles. The largest absolute Gasteiger partial charge is 0.372 e. The highest BCUT2D eigenvalue weighted by atomic mass is 32.2. The molecule has 0 aliphatic carbocycles. The van der Waals surface area contributed by atoms with E-state index in [9.17, 15) is 29.4 Å². The maximum absolute atomic E-state index is 12.5. The van der Waals surface area contributed by atoms with Crippen LogP contribution in [0.4, 0.5) is 0 Å². The molecule has 0 aliphatic rings. The van der Waals surface area contributed by atoms with Crippen molar-refractivity contribution in [3.05, 3.63) is 48.6 Å². The van der Waals surface area contributed by atoms with Gasteiger partial charge >= 0.3 is 0 Å². The summed E-state index contributed by atoms with van der Waals surface area (Å²) >= 11 is 0.125. The molecule has 7 heteroatoms. The van der Waals surface area contributed by atoms with Crippen LogP contribution >= 0.6 is 11.8 Å². The minimum atomic E-state index is -2.52. The summed E-state index contributed by atoms with van der Waals surface area (Å²) in [7, 11) is 0. The van der Waals surface area contributed by atoms with Crippen molar-refractivity contribution in [2.45, 2.75) is 50.4 Å². The van der Waals surface area contributed by atoms with Gasteiger partial charge in [0.05, 0.1) is 12.8 Å². The third kappa shape index (κ3) is 6.53. The number of hydrogen-bond acceptors (Lipinski definition) is 7. The molecule has 2 atom stereocenters. The highest BCUT2D eigenvalue weighted by Gasteiger charge is 2.50. The quantitative estimate of drug-likeness (QED) is 0.386. The maximum Gasteiger partial charge on any atom is 0.200 e. The topological polar surface area (TPSA) is 109 Å². The van der Waals surface area contributed by atoms with E-state index < -0.39 is 45.8 Å². The number of allylic oxidation sites excluding steroid dienone is 2. The molecule has 27 heavy (non-hydrogen) atoms. The summed E-state index contributed by atoms with van der Waals surface area (Å²) < 4.78 is 0. The predicted molar refractivity (Wildman–Crippen MR) is 106 cm³/mol. The van der Waals surface area contributed by atoms with Gasteiger partial charge in [0.15, 0.2) is 21.4 Å². The number of rotatable bonds is 12. The fourth-order valence-electron chi connectivity index (χ4n) is 2.01. The minimum Gasteiger partial charge on any atom is -0.372 e. The van der Waals surface area contributed by atoms with E-state index in [4.69, 9.17) is 0 Å². The first-order valence-electron chi connectivity index (χ1n) is 8.00. The second-order valence-electron chi connectivity index (χ2n) is 6.65. The Kier molecular flexibility index (Phi) is 8.50. The highest BCUT2D eigenvalue weighted by Crippen LogP contribution is 2.42. The van der Waals surface area contributed by atoms with Gasteiger partial charge in [-0.05, 0) is 50.0 Å². The molecule has 0 rings (SSSR count). The van der Waals surface area contributed by atoms with E-state index in [-0.39, 0.29) is 34.1 Å². The van der Waals surface area contributed by atoms with E-state index >= 15 is 0 Å². The molecule has 0 aromatic carbocycles. The Morgan fingerprint density at radius 2 is 0.926 bits per heavy atom. The summed E-state index contributed by atoms with van der Waals surface area (Å²) in [6, 6.07) is 0. The fraction of sp³-hybridized carbons (Fsp3) is 0.400. The van der Waals surface area contributed by atoms with Crippen LogP contribution in [0.25, 0.3) is 0 Å². The van der Waals surface area contributed by atoms with Crippen molar-refractivity contribution in [2.75, 3.05) is 0 Å². The number of carbonyl (C=O) groups excluding carboxylic acids is 4. The Labute approximate surface area is 163 Å². The molecule has 0 aromatic heterocycles. The van der Waals surface area contributed by atoms with Gasteiger partial charge in [-0.2, -0.15) is 0 Å². The van der Waals surface area contributed by atoms with E-state index in [1.54, 1.807) is 0 Å². The number of carbonyl (C=O) groups is 4. The predicted octanol–water partition coefficient (Wildman–Crippen LogP) is 2.46. The Balaban J connectivity index is 6.26. The Bertz CT molecular complexity index is 686. The van der Waals surface area contributed by atoms with E-state index in [0.29, 0.717) is 0 Å². The van der Waals surface area contributed by atoms with Gasteiger partial charge in [0.25, 0.3) is 0 Å². The van der Waals surface area contributed by atoms with Crippen molar-refractivity contribution >= 4 is 34.9 Å². The van der Waals surface area contributed by atoms with E-state index in [0.717, 1.165) is 0 Å². The van der Waals surface area contributed by atoms with Gasteiger partial charge in [0.1, 0.15) is 0 Å². The van der Waals surface area contributed by atoms with E-state index in [1.807, 2.05) is 0 Å². The molecule has 148 valence electrons. The van der Waals surface area contributed by atoms with Gasteiger partial charge in [-0.3, -0.25) is 19.2 Å². The zero-order valence-electron chi connectivity index (χ0n) is 16.2. The van der Waals surface area contributed by atoms with Gasteiger partial charge in [0, 0.05) is 0 Å². The lowest BCUT2D eigenvalue weighted by Crippen LogP contribution is -2.48. The second-order valence-corrected chi connectivity index (χ2v) is 8.21. The molecule has 0 spiro atoms. The average molecular weight is 394 g/mol. The lowest BCUT2D eigenvalue weighted by Gasteiger charge is -2.34. The van der Waals surface area contributed by atoms with Gasteiger partial charge < -0.3 is 10.2 Å². The van der Waals surface area contributed by atoms with Gasteiger partial charge in [0.2, 0.25) is 11.6 Å². The van der Waals surface area contributed by atoms with Crippen LogP contribution < -0.4 is 0 Å². The van der Waals surface area contributed by atoms with Crippen LogP contribution in [0.1, 0.15) is 40.5 Å². The molecule has 0 bridgehead atoms. The van der Waals surface area contributed by atoms with Crippen LogP contribution in [0.3, 0.4) is 0 Å². The Hall–Kier alpha value is -2.09. The molecule has 0 saturated carbocycles. The first kappa shape index (κ1) is 24.9. The molecule has 0 saturated heterocycles. The molecule has 0 amide bonds. The summed E-state index contributed by atoms with van der Waals surface area (Å²) in [4.78, 5) is 44.2. The molecular weight excluding hydrogens is 368 g/mol. The summed E-state index contributed by atoms with van der Waals surface area (Å²) in [6.07, 6.45) is -1.49. The van der Waals surface area contributed by atoms with E-state index in [2.05, 4.69) is 26.3 Å². The van der Waals surface area contributed by atoms with Gasteiger partial charge in [-0.1, -0.05) is 38.1 Å². The van der Waals surface area contributed by atoms with Crippen LogP contribution in [0.5, 0.6) is 0 Å². The van der Waals surface area contributed by atoms with Crippen LogP contribution in [-0.4, -0.2) is 43.2 Å². The molecule has 0 radical (unpaired) electrons. The number of aliphatic hydroxyl groups is 2. The number of thioether (sulfide) groups is 1. The first-order chi connectivity index (χ1) is 12.1. The van der Waals surface area contributed by atoms with Crippen molar-refractivity contribution in [3.8, 4) is 0 Å². The number of Topliss-reactive ketones (excluding diaryl/α,β-unsaturated/α-hetero) is 4. The van der Waals surface area contributed by atoms with Gasteiger partial charge in [-0.15, -0.1) is 0 Å². The second kappa shape index (κ2) is 9.21. The number of ketones is 4. The van der Waals surface area contributed by atoms with Crippen LogP contribution in [-0.2, 0) is 19.2 Å². The Morgan fingerprint density at radius 1 is 0.667 bits per heavy atom. The zero-order chi connectivity index (χ0) is 21.7. The summed E-state index contributed by atoms with van der Waals surface area (Å²) in [6.45, 7) is 19.3. The maximum atomic E-state index is 12.5. The molecule has 0 heterocycles. The molecule has 6 nitrogen and oxygen atoms in total. The molecule has 2 unspecified atom stereocenters. The Morgan fingerprint density at radius 3 is 1.11 bits per heavy atom. The normalized spacial score (nSPS) is 15.0. The zero-order valence-corrected chi connectivity index (χ0v) is 17.0. The highest BCUT2D eigenvalue weighted by molar-refractivity contribution is 8.03. The smallest absolute Gasteiger partial charge is 0.200 e. The van der Waals surface area contributed by atoms with Crippen LogP contribution in [0, 0.1) is 0 Å². The van der Waals surface area contributed by atoms with Crippen molar-refractivity contribution in [1.29, 1.82) is 0 Å². The average Bonchev–Trinajstić information content (AvgIpc) is 2.52. The van der Waals surface area contributed by atoms with Crippen LogP contribution in [0.15, 0.2) is 48.6 Å². The van der Waals surface area contributed by atoms with Gasteiger partial charge in [-0.25, -0.2) is 0 Å². The van der Waals surface area contributed by atoms with Crippen LogP contribution in [0.2, 0.25) is 0 Å². The summed E-state index contributed by atoms with van der Waals surface area (Å²) in [5.74, 6) is -3.18. The standard InChI is InChI=1S/C20H26O6S/c1-11(2)15(21)9-19(25,17(23)13(5)6)27-20(26,18(24)14(7)8)10-16(22)12(3)4/h25-26H,1,3,5,7,9-10H2,2,4,6,8H3.